The van der Waals surface area contributed by atoms with Crippen LogP contribution in [0.15, 0.2) is 22.8 Å². The number of nitrogens with one attached hydrogen (secondary N) is 1. The van der Waals surface area contributed by atoms with E-state index in [1.165, 1.54) is 12.1 Å². The number of nitrogen functional groups attached to an aromatic ring is 1. The molecule has 6 nitrogen and oxygen atoms in total. The van der Waals surface area contributed by atoms with E-state index in [0.717, 1.165) is 6.07 Å². The number of aromatic nitrogens is 2. The summed E-state index contributed by atoms with van der Waals surface area (Å²) in [7, 11) is 0. The van der Waals surface area contributed by atoms with E-state index in [1.807, 2.05) is 0 Å². The maximum atomic E-state index is 12.9. The highest BCUT2D eigenvalue weighted by molar-refractivity contribution is 6.33. The number of anilines is 2. The molecule has 17 heavy (non-hydrogen) atoms. The number of carbonyl (C=O) groups is 1. The summed E-state index contributed by atoms with van der Waals surface area (Å²) in [5.41, 5.74) is 5.25. The fraction of sp³-hybridized carbons (Fsp3) is 0. The lowest BCUT2D eigenvalue weighted by Crippen LogP contribution is -2.14. The second-order valence-electron chi connectivity index (χ2n) is 3.08. The number of nitrogens with two attached hydrogens (primary N) is 1. The van der Waals surface area contributed by atoms with E-state index in [0.29, 0.717) is 0 Å². The number of halogens is 2. The van der Waals surface area contributed by atoms with Crippen LogP contribution in [-0.2, 0) is 0 Å². The van der Waals surface area contributed by atoms with Crippen LogP contribution < -0.4 is 11.1 Å². The third-order valence-corrected chi connectivity index (χ3v) is 2.24. The predicted octanol–water partition coefficient (Wildman–Crippen LogP) is 1.70. The van der Waals surface area contributed by atoms with E-state index >= 15 is 0 Å². The van der Waals surface area contributed by atoms with Gasteiger partial charge in [-0.25, -0.2) is 9.02 Å². The van der Waals surface area contributed by atoms with Gasteiger partial charge in [-0.05, 0) is 28.5 Å². The lowest BCUT2D eigenvalue weighted by atomic mass is 10.3. The maximum absolute atomic E-state index is 12.9. The molecule has 1 heterocycles. The number of hydrogen-bond acceptors (Lipinski definition) is 5. The smallest absolute Gasteiger partial charge is 0.281 e. The van der Waals surface area contributed by atoms with Crippen molar-refractivity contribution in [2.75, 3.05) is 11.1 Å². The molecule has 0 aliphatic carbocycles. The number of benzene rings is 1. The van der Waals surface area contributed by atoms with Gasteiger partial charge in [0.05, 0.1) is 10.7 Å². The minimum atomic E-state index is -0.684. The average Bonchev–Trinajstić information content (AvgIpc) is 2.70. The molecule has 1 amide bonds. The van der Waals surface area contributed by atoms with Gasteiger partial charge in [0.15, 0.2) is 0 Å². The molecule has 0 radical (unpaired) electrons. The third-order valence-electron chi connectivity index (χ3n) is 1.91. The quantitative estimate of drug-likeness (QED) is 0.853. The van der Waals surface area contributed by atoms with Gasteiger partial charge in [0, 0.05) is 0 Å². The van der Waals surface area contributed by atoms with Gasteiger partial charge in [-0.1, -0.05) is 11.6 Å². The lowest BCUT2D eigenvalue weighted by Gasteiger charge is -2.05. The summed E-state index contributed by atoms with van der Waals surface area (Å²) in [6.45, 7) is 0. The fourth-order valence-electron chi connectivity index (χ4n) is 1.13. The molecule has 3 N–H and O–H groups in total. The summed E-state index contributed by atoms with van der Waals surface area (Å²) in [6, 6.07) is 3.56. The van der Waals surface area contributed by atoms with Crippen molar-refractivity contribution in [1.82, 2.24) is 10.3 Å². The molecular weight excluding hydrogens is 251 g/mol. The van der Waals surface area contributed by atoms with Crippen LogP contribution >= 0.6 is 11.6 Å². The molecule has 0 bridgehead atoms. The van der Waals surface area contributed by atoms with Gasteiger partial charge in [-0.2, -0.15) is 0 Å². The van der Waals surface area contributed by atoms with Gasteiger partial charge in [0.1, 0.15) is 5.82 Å². The zero-order valence-electron chi connectivity index (χ0n) is 8.28. The number of amides is 1. The molecule has 8 heteroatoms. The zero-order chi connectivity index (χ0) is 12.4. The normalized spacial score (nSPS) is 10.2. The predicted molar refractivity (Wildman–Crippen MR) is 58.1 cm³/mol. The molecule has 88 valence electrons. The van der Waals surface area contributed by atoms with E-state index in [9.17, 15) is 9.18 Å². The lowest BCUT2D eigenvalue weighted by molar-refractivity contribution is 0.101. The Balaban J connectivity index is 2.24. The van der Waals surface area contributed by atoms with Crippen LogP contribution in [0.5, 0.6) is 0 Å². The van der Waals surface area contributed by atoms with Gasteiger partial charge in [-0.15, -0.1) is 0 Å². The van der Waals surface area contributed by atoms with Gasteiger partial charge >= 0.3 is 0 Å². The first kappa shape index (κ1) is 11.3. The highest BCUT2D eigenvalue weighted by Gasteiger charge is 2.17. The number of nitrogens with zero attached hydrogens (tertiary/aromatic N) is 2. The van der Waals surface area contributed by atoms with Crippen molar-refractivity contribution < 1.29 is 13.8 Å². The minimum Gasteiger partial charge on any atom is -0.379 e. The van der Waals surface area contributed by atoms with Gasteiger partial charge < -0.3 is 11.1 Å². The van der Waals surface area contributed by atoms with Crippen LogP contribution in [-0.4, -0.2) is 16.2 Å². The third kappa shape index (κ3) is 2.34. The number of carbonyl (C=O) groups excluding carboxylic acids is 1. The fourth-order valence-corrected chi connectivity index (χ4v) is 1.29. The second-order valence-corrected chi connectivity index (χ2v) is 3.48. The van der Waals surface area contributed by atoms with Crippen molar-refractivity contribution in [3.05, 3.63) is 34.7 Å². The van der Waals surface area contributed by atoms with Crippen molar-refractivity contribution in [1.29, 1.82) is 0 Å². The minimum absolute atomic E-state index is 0.110. The summed E-state index contributed by atoms with van der Waals surface area (Å²) >= 11 is 5.77. The van der Waals surface area contributed by atoms with Crippen molar-refractivity contribution in [3.63, 3.8) is 0 Å². The van der Waals surface area contributed by atoms with Crippen LogP contribution in [0, 0.1) is 5.82 Å². The van der Waals surface area contributed by atoms with Crippen LogP contribution in [0.25, 0.3) is 0 Å². The molecule has 2 rings (SSSR count). The Morgan fingerprint density at radius 2 is 2.24 bits per heavy atom. The highest BCUT2D eigenvalue weighted by atomic mass is 35.5. The summed E-state index contributed by atoms with van der Waals surface area (Å²) < 4.78 is 17.2. The molecule has 0 saturated heterocycles. The Morgan fingerprint density at radius 3 is 2.88 bits per heavy atom. The first-order valence-electron chi connectivity index (χ1n) is 4.42. The Bertz CT molecular complexity index is 572. The largest absolute Gasteiger partial charge is 0.379 e. The monoisotopic (exact) mass is 256 g/mol. The topological polar surface area (TPSA) is 94.0 Å². The SMILES string of the molecule is Nc1nonc1C(=O)Nc1cc(F)ccc1Cl. The summed E-state index contributed by atoms with van der Waals surface area (Å²) in [5.74, 6) is -1.37. The molecule has 1 aromatic carbocycles. The summed E-state index contributed by atoms with van der Waals surface area (Å²) in [5, 5.41) is 9.08. The van der Waals surface area contributed by atoms with Crippen LogP contribution in [0.3, 0.4) is 0 Å². The van der Waals surface area contributed by atoms with Gasteiger partial charge in [-0.3, -0.25) is 4.79 Å². The van der Waals surface area contributed by atoms with E-state index in [4.69, 9.17) is 17.3 Å². The molecule has 0 aliphatic heterocycles. The molecule has 0 aliphatic rings. The zero-order valence-corrected chi connectivity index (χ0v) is 9.03. The maximum Gasteiger partial charge on any atom is 0.281 e. The summed E-state index contributed by atoms with van der Waals surface area (Å²) in [4.78, 5) is 11.6. The molecule has 0 spiro atoms. The number of hydrogen-bond donors (Lipinski definition) is 2. The first-order valence-corrected chi connectivity index (χ1v) is 4.80. The van der Waals surface area contributed by atoms with Crippen molar-refractivity contribution in [2.45, 2.75) is 0 Å². The van der Waals surface area contributed by atoms with Crippen molar-refractivity contribution >= 4 is 29.0 Å². The first-order chi connectivity index (χ1) is 8.08. The molecule has 1 aromatic heterocycles. The van der Waals surface area contributed by atoms with Crippen molar-refractivity contribution in [2.24, 2.45) is 0 Å². The molecule has 0 fully saturated rings. The standard InChI is InChI=1S/C9H6ClFN4O2/c10-5-2-1-4(11)3-6(5)13-9(16)7-8(12)15-17-14-7/h1-3H,(H2,12,15)(H,13,16). The van der Waals surface area contributed by atoms with Crippen LogP contribution in [0.1, 0.15) is 10.5 Å². The Labute approximate surface area is 99.5 Å². The van der Waals surface area contributed by atoms with Gasteiger partial charge in [0.25, 0.3) is 5.91 Å². The second kappa shape index (κ2) is 4.38. The van der Waals surface area contributed by atoms with E-state index in [2.05, 4.69) is 20.3 Å². The average molecular weight is 257 g/mol. The molecular formula is C9H6ClFN4O2. The van der Waals surface area contributed by atoms with E-state index in [-0.39, 0.29) is 22.2 Å². The summed E-state index contributed by atoms with van der Waals surface area (Å²) in [6.07, 6.45) is 0. The molecule has 0 unspecified atom stereocenters. The van der Waals surface area contributed by atoms with Crippen LogP contribution in [0.4, 0.5) is 15.9 Å². The molecule has 0 saturated carbocycles. The molecule has 2 aromatic rings. The van der Waals surface area contributed by atoms with Gasteiger partial charge in [0.2, 0.25) is 11.5 Å². The van der Waals surface area contributed by atoms with Crippen molar-refractivity contribution in [3.8, 4) is 0 Å². The Kier molecular flexibility index (Phi) is 2.92. The van der Waals surface area contributed by atoms with E-state index in [1.54, 1.807) is 0 Å². The van der Waals surface area contributed by atoms with E-state index < -0.39 is 11.7 Å². The molecule has 0 atom stereocenters. The Morgan fingerprint density at radius 1 is 1.47 bits per heavy atom. The highest BCUT2D eigenvalue weighted by Crippen LogP contribution is 2.23. The van der Waals surface area contributed by atoms with Crippen LogP contribution in [0.2, 0.25) is 5.02 Å². The Hall–Kier alpha value is -2.15. The number of rotatable bonds is 2.